The third-order valence-electron chi connectivity index (χ3n) is 2.37. The maximum absolute atomic E-state index is 12.0. The van der Waals surface area contributed by atoms with Crippen molar-refractivity contribution in [2.75, 3.05) is 13.1 Å². The lowest BCUT2D eigenvalue weighted by atomic mass is 9.96. The zero-order valence-electron chi connectivity index (χ0n) is 7.58. The van der Waals surface area contributed by atoms with Crippen molar-refractivity contribution in [3.63, 3.8) is 0 Å². The second-order valence-electron chi connectivity index (χ2n) is 3.42. The van der Waals surface area contributed by atoms with Crippen molar-refractivity contribution in [2.45, 2.75) is 12.1 Å². The van der Waals surface area contributed by atoms with E-state index in [0.29, 0.717) is 0 Å². The van der Waals surface area contributed by atoms with Gasteiger partial charge < -0.3 is 4.90 Å². The summed E-state index contributed by atoms with van der Waals surface area (Å²) < 4.78 is 35.9. The average Bonchev–Trinajstić information content (AvgIpc) is 2.52. The standard InChI is InChI=1S/C8H8F3N3O/c9-8(10,11)7(15)14-3-5(4-14)6-1-2-12-13-6/h1-2,5H,3-4H2,(H,12,13). The minimum absolute atomic E-state index is 0.0567. The predicted molar refractivity (Wildman–Crippen MR) is 44.0 cm³/mol. The molecule has 1 aromatic rings. The zero-order chi connectivity index (χ0) is 11.1. The number of hydrogen-bond acceptors (Lipinski definition) is 2. The van der Waals surface area contributed by atoms with Crippen LogP contribution in [0, 0.1) is 0 Å². The molecule has 1 amide bonds. The number of H-pyrrole nitrogens is 1. The fourth-order valence-corrected chi connectivity index (χ4v) is 1.51. The summed E-state index contributed by atoms with van der Waals surface area (Å²) in [5, 5.41) is 6.36. The first-order chi connectivity index (χ1) is 6.98. The van der Waals surface area contributed by atoms with Gasteiger partial charge in [0, 0.05) is 30.9 Å². The van der Waals surface area contributed by atoms with Crippen LogP contribution in [0.5, 0.6) is 0 Å². The maximum atomic E-state index is 12.0. The number of nitrogens with one attached hydrogen (secondary N) is 1. The molecule has 0 aliphatic carbocycles. The van der Waals surface area contributed by atoms with Crippen molar-refractivity contribution in [1.29, 1.82) is 0 Å². The molecule has 0 aromatic carbocycles. The van der Waals surface area contributed by atoms with Gasteiger partial charge in [0.1, 0.15) is 0 Å². The highest BCUT2D eigenvalue weighted by Crippen LogP contribution is 2.29. The minimum atomic E-state index is -4.76. The van der Waals surface area contributed by atoms with Crippen molar-refractivity contribution in [3.8, 4) is 0 Å². The summed E-state index contributed by atoms with van der Waals surface area (Å²) in [6.07, 6.45) is -3.23. The minimum Gasteiger partial charge on any atom is -0.333 e. The van der Waals surface area contributed by atoms with Crippen LogP contribution in [0.25, 0.3) is 0 Å². The maximum Gasteiger partial charge on any atom is 0.471 e. The lowest BCUT2D eigenvalue weighted by Gasteiger charge is -2.38. The molecule has 0 atom stereocenters. The number of carbonyl (C=O) groups excluding carboxylic acids is 1. The normalized spacial score (nSPS) is 17.7. The predicted octanol–water partition coefficient (Wildman–Crippen LogP) is 0.898. The van der Waals surface area contributed by atoms with Gasteiger partial charge in [0.25, 0.3) is 0 Å². The fraction of sp³-hybridized carbons (Fsp3) is 0.500. The highest BCUT2D eigenvalue weighted by molar-refractivity contribution is 5.82. The van der Waals surface area contributed by atoms with Crippen LogP contribution in [-0.4, -0.2) is 40.3 Å². The van der Waals surface area contributed by atoms with Gasteiger partial charge in [-0.05, 0) is 6.07 Å². The lowest BCUT2D eigenvalue weighted by Crippen LogP contribution is -2.53. The van der Waals surface area contributed by atoms with Gasteiger partial charge in [0.15, 0.2) is 0 Å². The first kappa shape index (κ1) is 10.0. The summed E-state index contributed by atoms with van der Waals surface area (Å²) >= 11 is 0. The van der Waals surface area contributed by atoms with E-state index in [1.54, 1.807) is 6.07 Å². The Hall–Kier alpha value is -1.53. The molecule has 0 saturated carbocycles. The third kappa shape index (κ3) is 1.81. The van der Waals surface area contributed by atoms with Gasteiger partial charge in [-0.25, -0.2) is 0 Å². The molecule has 2 rings (SSSR count). The molecule has 1 fully saturated rings. The fourth-order valence-electron chi connectivity index (χ4n) is 1.51. The van der Waals surface area contributed by atoms with E-state index in [0.717, 1.165) is 10.6 Å². The first-order valence-electron chi connectivity index (χ1n) is 4.34. The molecule has 7 heteroatoms. The van der Waals surface area contributed by atoms with Gasteiger partial charge in [0.2, 0.25) is 0 Å². The van der Waals surface area contributed by atoms with E-state index < -0.39 is 12.1 Å². The van der Waals surface area contributed by atoms with E-state index in [9.17, 15) is 18.0 Å². The number of amides is 1. The van der Waals surface area contributed by atoms with Crippen molar-refractivity contribution in [2.24, 2.45) is 0 Å². The summed E-state index contributed by atoms with van der Waals surface area (Å²) in [4.78, 5) is 11.5. The Morgan fingerprint density at radius 1 is 1.53 bits per heavy atom. The first-order valence-corrected chi connectivity index (χ1v) is 4.34. The lowest BCUT2D eigenvalue weighted by molar-refractivity contribution is -0.189. The Labute approximate surface area is 83.1 Å². The number of aromatic nitrogens is 2. The molecule has 0 spiro atoms. The molecule has 0 radical (unpaired) electrons. The molecular weight excluding hydrogens is 211 g/mol. The summed E-state index contributed by atoms with van der Waals surface area (Å²) in [5.74, 6) is -1.82. The third-order valence-corrected chi connectivity index (χ3v) is 2.37. The molecular formula is C8H8F3N3O. The molecule has 1 N–H and O–H groups in total. The van der Waals surface area contributed by atoms with E-state index in [1.807, 2.05) is 0 Å². The highest BCUT2D eigenvalue weighted by Gasteiger charge is 2.46. The van der Waals surface area contributed by atoms with Crippen molar-refractivity contribution >= 4 is 5.91 Å². The highest BCUT2D eigenvalue weighted by atomic mass is 19.4. The molecule has 82 valence electrons. The van der Waals surface area contributed by atoms with Crippen LogP contribution in [0.1, 0.15) is 11.6 Å². The molecule has 1 aliphatic heterocycles. The zero-order valence-corrected chi connectivity index (χ0v) is 7.58. The van der Waals surface area contributed by atoms with E-state index in [4.69, 9.17) is 0 Å². The van der Waals surface area contributed by atoms with E-state index in [2.05, 4.69) is 10.2 Å². The van der Waals surface area contributed by atoms with Crippen LogP contribution in [0.3, 0.4) is 0 Å². The van der Waals surface area contributed by atoms with Gasteiger partial charge in [-0.1, -0.05) is 0 Å². The number of likely N-dealkylation sites (tertiary alicyclic amines) is 1. The molecule has 1 aromatic heterocycles. The molecule has 0 unspecified atom stereocenters. The summed E-state index contributed by atoms with van der Waals surface area (Å²) in [6, 6.07) is 1.69. The van der Waals surface area contributed by atoms with Crippen LogP contribution < -0.4 is 0 Å². The summed E-state index contributed by atoms with van der Waals surface area (Å²) in [5.41, 5.74) is 0.765. The molecule has 4 nitrogen and oxygen atoms in total. The summed E-state index contributed by atoms with van der Waals surface area (Å²) in [6.45, 7) is 0.196. The van der Waals surface area contributed by atoms with Crippen molar-refractivity contribution in [3.05, 3.63) is 18.0 Å². The van der Waals surface area contributed by atoms with Gasteiger partial charge in [0.05, 0.1) is 0 Å². The van der Waals surface area contributed by atoms with E-state index in [1.165, 1.54) is 6.20 Å². The monoisotopic (exact) mass is 219 g/mol. The SMILES string of the molecule is O=C(N1CC(c2ccn[nH]2)C1)C(F)(F)F. The van der Waals surface area contributed by atoms with Crippen molar-refractivity contribution < 1.29 is 18.0 Å². The number of rotatable bonds is 1. The molecule has 15 heavy (non-hydrogen) atoms. The quantitative estimate of drug-likeness (QED) is 0.762. The Bertz CT molecular complexity index is 354. The molecule has 0 bridgehead atoms. The largest absolute Gasteiger partial charge is 0.471 e. The van der Waals surface area contributed by atoms with E-state index >= 15 is 0 Å². The van der Waals surface area contributed by atoms with Crippen LogP contribution in [0.15, 0.2) is 12.3 Å². The number of hydrogen-bond donors (Lipinski definition) is 1. The summed E-state index contributed by atoms with van der Waals surface area (Å²) in [7, 11) is 0. The van der Waals surface area contributed by atoms with Gasteiger partial charge in [-0.2, -0.15) is 18.3 Å². The number of nitrogens with zero attached hydrogens (tertiary/aromatic N) is 2. The van der Waals surface area contributed by atoms with Gasteiger partial charge in [-0.15, -0.1) is 0 Å². The number of halogens is 3. The number of aromatic amines is 1. The van der Waals surface area contributed by atoms with Crippen LogP contribution >= 0.6 is 0 Å². The van der Waals surface area contributed by atoms with E-state index in [-0.39, 0.29) is 19.0 Å². The molecule has 1 aliphatic rings. The Balaban J connectivity index is 1.92. The Morgan fingerprint density at radius 2 is 2.20 bits per heavy atom. The van der Waals surface area contributed by atoms with Crippen LogP contribution in [0.4, 0.5) is 13.2 Å². The van der Waals surface area contributed by atoms with Crippen molar-refractivity contribution in [1.82, 2.24) is 15.1 Å². The van der Waals surface area contributed by atoms with Crippen LogP contribution in [-0.2, 0) is 4.79 Å². The van der Waals surface area contributed by atoms with Crippen LogP contribution in [0.2, 0.25) is 0 Å². The smallest absolute Gasteiger partial charge is 0.333 e. The second-order valence-corrected chi connectivity index (χ2v) is 3.42. The second kappa shape index (κ2) is 3.25. The number of carbonyl (C=O) groups is 1. The molecule has 2 heterocycles. The average molecular weight is 219 g/mol. The van der Waals surface area contributed by atoms with Gasteiger partial charge in [-0.3, -0.25) is 9.89 Å². The topological polar surface area (TPSA) is 49.0 Å². The number of alkyl halides is 3. The molecule has 1 saturated heterocycles. The van der Waals surface area contributed by atoms with Gasteiger partial charge >= 0.3 is 12.1 Å². The Morgan fingerprint density at radius 3 is 2.67 bits per heavy atom. The Kier molecular flexibility index (Phi) is 2.17.